The van der Waals surface area contributed by atoms with E-state index in [2.05, 4.69) is 16.0 Å². The molecule has 1 aliphatic rings. The number of rotatable bonds is 6. The number of carbonyl (C=O) groups excluding carboxylic acids is 2. The van der Waals surface area contributed by atoms with Crippen molar-refractivity contribution in [2.24, 2.45) is 0 Å². The zero-order valence-electron chi connectivity index (χ0n) is 9.54. The summed E-state index contributed by atoms with van der Waals surface area (Å²) in [5, 5.41) is 8.30. The first-order valence-electron chi connectivity index (χ1n) is 5.50. The van der Waals surface area contributed by atoms with Gasteiger partial charge in [0.1, 0.15) is 0 Å². The lowest BCUT2D eigenvalue weighted by atomic mass is 10.2. The highest BCUT2D eigenvalue weighted by atomic mass is 16.5. The maximum atomic E-state index is 11.5. The molecule has 1 heterocycles. The van der Waals surface area contributed by atoms with Crippen LogP contribution in [-0.4, -0.2) is 51.2 Å². The Bertz CT molecular complexity index is 239. The molecule has 1 fully saturated rings. The van der Waals surface area contributed by atoms with Gasteiger partial charge in [0, 0.05) is 13.7 Å². The van der Waals surface area contributed by atoms with Crippen molar-refractivity contribution in [1.82, 2.24) is 16.0 Å². The fourth-order valence-electron chi connectivity index (χ4n) is 1.55. The molecule has 1 atom stereocenters. The molecule has 0 radical (unpaired) electrons. The van der Waals surface area contributed by atoms with Crippen LogP contribution in [0.5, 0.6) is 0 Å². The maximum Gasteiger partial charge on any atom is 0.239 e. The second-order valence-electron chi connectivity index (χ2n) is 3.71. The van der Waals surface area contributed by atoms with Crippen LogP contribution < -0.4 is 16.0 Å². The molecule has 0 bridgehead atoms. The third kappa shape index (κ3) is 4.59. The van der Waals surface area contributed by atoms with E-state index in [9.17, 15) is 9.59 Å². The average molecular weight is 229 g/mol. The van der Waals surface area contributed by atoms with E-state index in [0.29, 0.717) is 13.2 Å². The Morgan fingerprint density at radius 2 is 2.25 bits per heavy atom. The van der Waals surface area contributed by atoms with Crippen LogP contribution >= 0.6 is 0 Å². The lowest BCUT2D eigenvalue weighted by Crippen LogP contribution is -2.45. The van der Waals surface area contributed by atoms with Gasteiger partial charge in [0.2, 0.25) is 11.8 Å². The summed E-state index contributed by atoms with van der Waals surface area (Å²) < 4.78 is 4.79. The quantitative estimate of drug-likeness (QED) is 0.490. The minimum absolute atomic E-state index is 0.0285. The zero-order valence-corrected chi connectivity index (χ0v) is 9.54. The van der Waals surface area contributed by atoms with Crippen LogP contribution in [0, 0.1) is 0 Å². The molecule has 0 aromatic rings. The van der Waals surface area contributed by atoms with Gasteiger partial charge in [-0.05, 0) is 19.4 Å². The van der Waals surface area contributed by atoms with Crippen LogP contribution in [0.15, 0.2) is 0 Å². The zero-order chi connectivity index (χ0) is 11.8. The summed E-state index contributed by atoms with van der Waals surface area (Å²) in [6, 6.07) is -0.133. The first-order chi connectivity index (χ1) is 7.74. The Morgan fingerprint density at radius 3 is 2.88 bits per heavy atom. The van der Waals surface area contributed by atoms with Gasteiger partial charge in [-0.3, -0.25) is 9.59 Å². The molecule has 6 nitrogen and oxygen atoms in total. The van der Waals surface area contributed by atoms with E-state index < -0.39 is 0 Å². The summed E-state index contributed by atoms with van der Waals surface area (Å²) in [7, 11) is 1.57. The van der Waals surface area contributed by atoms with Crippen molar-refractivity contribution in [1.29, 1.82) is 0 Å². The lowest BCUT2D eigenvalue weighted by molar-refractivity contribution is -0.127. The van der Waals surface area contributed by atoms with Crippen molar-refractivity contribution in [3.8, 4) is 0 Å². The van der Waals surface area contributed by atoms with Crippen LogP contribution in [0.1, 0.15) is 12.8 Å². The third-order valence-corrected chi connectivity index (χ3v) is 2.43. The van der Waals surface area contributed by atoms with Gasteiger partial charge in [0.25, 0.3) is 0 Å². The Morgan fingerprint density at radius 1 is 1.44 bits per heavy atom. The third-order valence-electron chi connectivity index (χ3n) is 2.43. The molecule has 1 aliphatic heterocycles. The molecule has 0 saturated carbocycles. The maximum absolute atomic E-state index is 11.5. The van der Waals surface area contributed by atoms with Crippen LogP contribution in [0.3, 0.4) is 0 Å². The molecule has 0 aromatic heterocycles. The van der Waals surface area contributed by atoms with E-state index in [4.69, 9.17) is 4.74 Å². The number of hydrogen-bond donors (Lipinski definition) is 3. The van der Waals surface area contributed by atoms with E-state index in [1.54, 1.807) is 7.11 Å². The molecular formula is C10H19N3O3. The van der Waals surface area contributed by atoms with Gasteiger partial charge in [-0.15, -0.1) is 0 Å². The Hall–Kier alpha value is -1.14. The predicted molar refractivity (Wildman–Crippen MR) is 58.9 cm³/mol. The van der Waals surface area contributed by atoms with Crippen LogP contribution in [0.4, 0.5) is 0 Å². The molecular weight excluding hydrogens is 210 g/mol. The largest absolute Gasteiger partial charge is 0.383 e. The summed E-state index contributed by atoms with van der Waals surface area (Å²) in [4.78, 5) is 22.7. The first-order valence-corrected chi connectivity index (χ1v) is 5.50. The van der Waals surface area contributed by atoms with Gasteiger partial charge in [0.15, 0.2) is 0 Å². The standard InChI is InChI=1S/C10H19N3O3/c1-16-6-5-12-9(14)7-13-10(15)8-3-2-4-11-8/h8,11H,2-7H2,1H3,(H,12,14)(H,13,15)/t8-/m1/s1. The van der Waals surface area contributed by atoms with Crippen LogP contribution in [0.2, 0.25) is 0 Å². The van der Waals surface area contributed by atoms with Crippen LogP contribution in [-0.2, 0) is 14.3 Å². The highest BCUT2D eigenvalue weighted by Crippen LogP contribution is 2.03. The molecule has 3 N–H and O–H groups in total. The number of ether oxygens (including phenoxy) is 1. The van der Waals surface area contributed by atoms with E-state index >= 15 is 0 Å². The predicted octanol–water partition coefficient (Wildman–Crippen LogP) is -1.38. The van der Waals surface area contributed by atoms with Crippen molar-refractivity contribution in [2.45, 2.75) is 18.9 Å². The summed E-state index contributed by atoms with van der Waals surface area (Å²) >= 11 is 0. The summed E-state index contributed by atoms with van der Waals surface area (Å²) in [6.45, 7) is 1.84. The molecule has 16 heavy (non-hydrogen) atoms. The van der Waals surface area contributed by atoms with Crippen molar-refractivity contribution >= 4 is 11.8 Å². The SMILES string of the molecule is COCCNC(=O)CNC(=O)[C@H]1CCCN1. The summed E-state index contributed by atoms with van der Waals surface area (Å²) in [5.74, 6) is -0.289. The monoisotopic (exact) mass is 229 g/mol. The summed E-state index contributed by atoms with van der Waals surface area (Å²) in [5.41, 5.74) is 0. The van der Waals surface area contributed by atoms with E-state index in [-0.39, 0.29) is 24.4 Å². The van der Waals surface area contributed by atoms with Gasteiger partial charge in [-0.2, -0.15) is 0 Å². The number of methoxy groups -OCH3 is 1. The lowest BCUT2D eigenvalue weighted by Gasteiger charge is -2.10. The highest BCUT2D eigenvalue weighted by Gasteiger charge is 2.21. The molecule has 0 unspecified atom stereocenters. The number of nitrogens with one attached hydrogen (secondary N) is 3. The second kappa shape index (κ2) is 7.19. The number of carbonyl (C=O) groups is 2. The smallest absolute Gasteiger partial charge is 0.239 e. The fraction of sp³-hybridized carbons (Fsp3) is 0.800. The van der Waals surface area contributed by atoms with Crippen molar-refractivity contribution in [3.63, 3.8) is 0 Å². The molecule has 0 aromatic carbocycles. The second-order valence-corrected chi connectivity index (χ2v) is 3.71. The van der Waals surface area contributed by atoms with Crippen LogP contribution in [0.25, 0.3) is 0 Å². The normalized spacial score (nSPS) is 19.4. The van der Waals surface area contributed by atoms with Gasteiger partial charge in [-0.25, -0.2) is 0 Å². The van der Waals surface area contributed by atoms with E-state index in [0.717, 1.165) is 19.4 Å². The molecule has 0 aliphatic carbocycles. The summed E-state index contributed by atoms with van der Waals surface area (Å²) in [6.07, 6.45) is 1.86. The van der Waals surface area contributed by atoms with Gasteiger partial charge < -0.3 is 20.7 Å². The molecule has 0 spiro atoms. The topological polar surface area (TPSA) is 79.5 Å². The molecule has 92 valence electrons. The Labute approximate surface area is 95.1 Å². The van der Waals surface area contributed by atoms with Crippen molar-refractivity contribution in [3.05, 3.63) is 0 Å². The highest BCUT2D eigenvalue weighted by molar-refractivity contribution is 5.87. The first kappa shape index (κ1) is 12.9. The van der Waals surface area contributed by atoms with Crippen molar-refractivity contribution in [2.75, 3.05) is 33.4 Å². The van der Waals surface area contributed by atoms with E-state index in [1.165, 1.54) is 0 Å². The van der Waals surface area contributed by atoms with Crippen molar-refractivity contribution < 1.29 is 14.3 Å². The minimum Gasteiger partial charge on any atom is -0.383 e. The Balaban J connectivity index is 2.08. The minimum atomic E-state index is -0.191. The molecule has 1 saturated heterocycles. The van der Waals surface area contributed by atoms with Gasteiger partial charge in [-0.1, -0.05) is 0 Å². The van der Waals surface area contributed by atoms with E-state index in [1.807, 2.05) is 0 Å². The molecule has 1 rings (SSSR count). The Kier molecular flexibility index (Phi) is 5.81. The molecule has 2 amide bonds. The van der Waals surface area contributed by atoms with Gasteiger partial charge in [0.05, 0.1) is 19.2 Å². The molecule has 6 heteroatoms. The fourth-order valence-corrected chi connectivity index (χ4v) is 1.55. The average Bonchev–Trinajstić information content (AvgIpc) is 2.79. The number of amides is 2. The number of hydrogen-bond acceptors (Lipinski definition) is 4. The van der Waals surface area contributed by atoms with Gasteiger partial charge >= 0.3 is 0 Å².